The first-order valence-corrected chi connectivity index (χ1v) is 9.96. The molecule has 5 nitrogen and oxygen atoms in total. The van der Waals surface area contributed by atoms with Crippen LogP contribution in [0.1, 0.15) is 23.2 Å². The predicted octanol–water partition coefficient (Wildman–Crippen LogP) is 3.76. The summed E-state index contributed by atoms with van der Waals surface area (Å²) in [7, 11) is 1.64. The molecule has 2 saturated heterocycles. The van der Waals surface area contributed by atoms with Crippen LogP contribution in [0.4, 0.5) is 10.1 Å². The number of halogens is 1. The van der Waals surface area contributed by atoms with Crippen molar-refractivity contribution in [3.05, 3.63) is 95.8 Å². The number of hydrogen-bond donors (Lipinski definition) is 2. The van der Waals surface area contributed by atoms with Gasteiger partial charge in [-0.2, -0.15) is 0 Å². The van der Waals surface area contributed by atoms with Gasteiger partial charge in [0.15, 0.2) is 0 Å². The van der Waals surface area contributed by atoms with Crippen molar-refractivity contribution in [3.8, 4) is 5.75 Å². The topological polar surface area (TPSA) is 53.6 Å². The molecule has 30 heavy (non-hydrogen) atoms. The molecule has 0 bridgehead atoms. The summed E-state index contributed by atoms with van der Waals surface area (Å²) in [5.74, 6) is 0.344. The number of carbonyl (C=O) groups excluding carboxylic acids is 1. The van der Waals surface area contributed by atoms with E-state index in [4.69, 9.17) is 4.74 Å². The van der Waals surface area contributed by atoms with Crippen molar-refractivity contribution in [1.82, 2.24) is 10.9 Å². The van der Waals surface area contributed by atoms with Gasteiger partial charge in [-0.15, -0.1) is 0 Å². The predicted molar refractivity (Wildman–Crippen MR) is 112 cm³/mol. The van der Waals surface area contributed by atoms with E-state index in [1.165, 1.54) is 12.1 Å². The lowest BCUT2D eigenvalue weighted by atomic mass is 9.83. The number of benzene rings is 3. The maximum absolute atomic E-state index is 13.5. The number of nitrogens with zero attached hydrogens (tertiary/aromatic N) is 1. The number of methoxy groups -OCH3 is 1. The summed E-state index contributed by atoms with van der Waals surface area (Å²) in [4.78, 5) is 15.4. The van der Waals surface area contributed by atoms with Crippen molar-refractivity contribution in [1.29, 1.82) is 0 Å². The summed E-state index contributed by atoms with van der Waals surface area (Å²) in [5.41, 5.74) is 9.18. The standard InChI is InChI=1S/C24H22FN3O2/c1-30-19-10-6-5-9-18(19)23-20-21(15-11-13-16(25)14-12-15)26-27-22(20)24(29)28(23)17-7-3-2-4-8-17/h2-14,20-23,26-27H,1H3. The van der Waals surface area contributed by atoms with E-state index in [0.29, 0.717) is 0 Å². The quantitative estimate of drug-likeness (QED) is 0.697. The van der Waals surface area contributed by atoms with E-state index in [0.717, 1.165) is 22.6 Å². The van der Waals surface area contributed by atoms with Crippen molar-refractivity contribution >= 4 is 11.6 Å². The summed E-state index contributed by atoms with van der Waals surface area (Å²) >= 11 is 0. The molecule has 1 amide bonds. The zero-order valence-corrected chi connectivity index (χ0v) is 16.5. The molecular formula is C24H22FN3O2. The van der Waals surface area contributed by atoms with Gasteiger partial charge < -0.3 is 9.64 Å². The fourth-order valence-electron chi connectivity index (χ4n) is 4.72. The minimum atomic E-state index is -0.407. The molecule has 2 aliphatic rings. The second-order valence-electron chi connectivity index (χ2n) is 7.60. The first kappa shape index (κ1) is 18.8. The van der Waals surface area contributed by atoms with Gasteiger partial charge in [-0.1, -0.05) is 48.5 Å². The molecule has 0 spiro atoms. The van der Waals surface area contributed by atoms with Crippen LogP contribution in [0.25, 0.3) is 0 Å². The highest BCUT2D eigenvalue weighted by molar-refractivity contribution is 6.01. The smallest absolute Gasteiger partial charge is 0.246 e. The minimum Gasteiger partial charge on any atom is -0.496 e. The first-order valence-electron chi connectivity index (χ1n) is 9.96. The van der Waals surface area contributed by atoms with Crippen LogP contribution in [-0.2, 0) is 4.79 Å². The normalized spacial score (nSPS) is 25.4. The van der Waals surface area contributed by atoms with Gasteiger partial charge in [0.2, 0.25) is 5.91 Å². The van der Waals surface area contributed by atoms with Gasteiger partial charge in [0.05, 0.1) is 19.2 Å². The highest BCUT2D eigenvalue weighted by atomic mass is 19.1. The SMILES string of the molecule is COc1ccccc1C1C2C(NNC2c2ccc(F)cc2)C(=O)N1c1ccccc1. The van der Waals surface area contributed by atoms with Crippen molar-refractivity contribution in [3.63, 3.8) is 0 Å². The maximum atomic E-state index is 13.5. The van der Waals surface area contributed by atoms with Gasteiger partial charge in [0.25, 0.3) is 0 Å². The molecule has 0 aliphatic carbocycles. The summed E-state index contributed by atoms with van der Waals surface area (Å²) in [6.07, 6.45) is 0. The third kappa shape index (κ3) is 2.96. The molecule has 2 aliphatic heterocycles. The summed E-state index contributed by atoms with van der Waals surface area (Å²) in [5, 5.41) is 0. The lowest BCUT2D eigenvalue weighted by molar-refractivity contribution is -0.119. The second-order valence-corrected chi connectivity index (χ2v) is 7.60. The first-order chi connectivity index (χ1) is 14.7. The molecule has 2 N–H and O–H groups in total. The Balaban J connectivity index is 1.66. The zero-order chi connectivity index (χ0) is 20.7. The molecule has 3 aromatic carbocycles. The van der Waals surface area contributed by atoms with Crippen LogP contribution in [0.3, 0.4) is 0 Å². The average Bonchev–Trinajstić information content (AvgIpc) is 3.34. The van der Waals surface area contributed by atoms with E-state index in [1.807, 2.05) is 59.5 Å². The number of hydrogen-bond acceptors (Lipinski definition) is 4. The summed E-state index contributed by atoms with van der Waals surface area (Å²) < 4.78 is 19.2. The Kier molecular flexibility index (Phi) is 4.73. The second kappa shape index (κ2) is 7.55. The number of anilines is 1. The number of ether oxygens (including phenoxy) is 1. The number of rotatable bonds is 4. The molecular weight excluding hydrogens is 381 g/mol. The van der Waals surface area contributed by atoms with E-state index >= 15 is 0 Å². The average molecular weight is 403 g/mol. The van der Waals surface area contributed by atoms with E-state index in [-0.39, 0.29) is 29.7 Å². The molecule has 0 saturated carbocycles. The molecule has 152 valence electrons. The molecule has 2 fully saturated rings. The molecule has 6 heteroatoms. The highest BCUT2D eigenvalue weighted by Crippen LogP contribution is 2.50. The number of fused-ring (bicyclic) bond motifs is 1. The van der Waals surface area contributed by atoms with Crippen LogP contribution in [0.5, 0.6) is 5.75 Å². The Hall–Kier alpha value is -3.22. The number of amides is 1. The van der Waals surface area contributed by atoms with Gasteiger partial charge in [-0.3, -0.25) is 4.79 Å². The van der Waals surface area contributed by atoms with Crippen molar-refractivity contribution < 1.29 is 13.9 Å². The summed E-state index contributed by atoms with van der Waals surface area (Å²) in [6, 6.07) is 23.1. The largest absolute Gasteiger partial charge is 0.496 e. The van der Waals surface area contributed by atoms with Crippen LogP contribution in [0.2, 0.25) is 0 Å². The molecule has 0 radical (unpaired) electrons. The molecule has 2 heterocycles. The van der Waals surface area contributed by atoms with Crippen molar-refractivity contribution in [2.45, 2.75) is 18.1 Å². The Morgan fingerprint density at radius 2 is 1.53 bits per heavy atom. The Bertz CT molecular complexity index is 1060. The molecule has 0 aromatic heterocycles. The van der Waals surface area contributed by atoms with Gasteiger partial charge in [-0.25, -0.2) is 15.2 Å². The van der Waals surface area contributed by atoms with Crippen molar-refractivity contribution in [2.75, 3.05) is 12.0 Å². The van der Waals surface area contributed by atoms with Gasteiger partial charge in [-0.05, 0) is 35.9 Å². The fraction of sp³-hybridized carbons (Fsp3) is 0.208. The molecule has 3 aromatic rings. The highest BCUT2D eigenvalue weighted by Gasteiger charge is 2.56. The molecule has 4 unspecified atom stereocenters. The van der Waals surface area contributed by atoms with Gasteiger partial charge in [0.1, 0.15) is 17.6 Å². The van der Waals surface area contributed by atoms with E-state index in [1.54, 1.807) is 19.2 Å². The maximum Gasteiger partial charge on any atom is 0.246 e. The van der Waals surface area contributed by atoms with Crippen LogP contribution < -0.4 is 20.5 Å². The Morgan fingerprint density at radius 3 is 2.27 bits per heavy atom. The Labute approximate surface area is 174 Å². The third-order valence-corrected chi connectivity index (χ3v) is 6.03. The summed E-state index contributed by atoms with van der Waals surface area (Å²) in [6.45, 7) is 0. The lowest BCUT2D eigenvalue weighted by Crippen LogP contribution is -2.41. The molecule has 5 rings (SSSR count). The van der Waals surface area contributed by atoms with E-state index in [9.17, 15) is 9.18 Å². The number of hydrazine groups is 1. The number of para-hydroxylation sites is 2. The fourth-order valence-corrected chi connectivity index (χ4v) is 4.72. The van der Waals surface area contributed by atoms with Crippen LogP contribution in [-0.4, -0.2) is 19.1 Å². The lowest BCUT2D eigenvalue weighted by Gasteiger charge is -2.32. The van der Waals surface area contributed by atoms with Crippen LogP contribution >= 0.6 is 0 Å². The van der Waals surface area contributed by atoms with Gasteiger partial charge in [0, 0.05) is 17.2 Å². The van der Waals surface area contributed by atoms with Crippen LogP contribution in [0.15, 0.2) is 78.9 Å². The third-order valence-electron chi connectivity index (χ3n) is 6.03. The van der Waals surface area contributed by atoms with E-state index in [2.05, 4.69) is 10.9 Å². The van der Waals surface area contributed by atoms with Gasteiger partial charge >= 0.3 is 0 Å². The van der Waals surface area contributed by atoms with E-state index < -0.39 is 6.04 Å². The monoisotopic (exact) mass is 403 g/mol. The van der Waals surface area contributed by atoms with Crippen LogP contribution in [0, 0.1) is 11.7 Å². The zero-order valence-electron chi connectivity index (χ0n) is 16.5. The Morgan fingerprint density at radius 1 is 0.867 bits per heavy atom. The van der Waals surface area contributed by atoms with Crippen molar-refractivity contribution in [2.24, 2.45) is 5.92 Å². The molecule has 4 atom stereocenters. The minimum absolute atomic E-state index is 0.000724. The number of carbonyl (C=O) groups is 1. The number of nitrogens with one attached hydrogen (secondary N) is 2.